The van der Waals surface area contributed by atoms with Gasteiger partial charge in [-0.05, 0) is 57.3 Å². The van der Waals surface area contributed by atoms with Gasteiger partial charge < -0.3 is 10.2 Å². The number of halogens is 1. The van der Waals surface area contributed by atoms with Crippen LogP contribution in [0.2, 0.25) is 0 Å². The summed E-state index contributed by atoms with van der Waals surface area (Å²) in [4.78, 5) is 2.63. The van der Waals surface area contributed by atoms with Crippen LogP contribution in [0.15, 0.2) is 0 Å². The van der Waals surface area contributed by atoms with Crippen LogP contribution in [0.5, 0.6) is 0 Å². The van der Waals surface area contributed by atoms with E-state index in [2.05, 4.69) is 38.0 Å². The van der Waals surface area contributed by atoms with Gasteiger partial charge in [0.1, 0.15) is 0 Å². The van der Waals surface area contributed by atoms with Gasteiger partial charge in [0.05, 0.1) is 0 Å². The number of rotatable bonds is 4. The number of nitrogens with one attached hydrogen (secondary N) is 1. The highest BCUT2D eigenvalue weighted by atomic mass is 35.5. The molecule has 1 heterocycles. The van der Waals surface area contributed by atoms with Gasteiger partial charge in [0, 0.05) is 6.54 Å². The fourth-order valence-electron chi connectivity index (χ4n) is 2.45. The van der Waals surface area contributed by atoms with Gasteiger partial charge in [-0.2, -0.15) is 0 Å². The first-order chi connectivity index (χ1) is 7.01. The van der Waals surface area contributed by atoms with Gasteiger partial charge in [0.2, 0.25) is 0 Å². The van der Waals surface area contributed by atoms with Gasteiger partial charge in [0.15, 0.2) is 0 Å². The van der Waals surface area contributed by atoms with Crippen molar-refractivity contribution in [2.45, 2.75) is 40.0 Å². The molecular formula is C13H29ClN2. The van der Waals surface area contributed by atoms with Crippen molar-refractivity contribution in [1.82, 2.24) is 10.2 Å². The molecule has 0 radical (unpaired) electrons. The molecule has 1 saturated heterocycles. The fraction of sp³-hybridized carbons (Fsp3) is 1.00. The summed E-state index contributed by atoms with van der Waals surface area (Å²) in [5.41, 5.74) is 0.456. The van der Waals surface area contributed by atoms with Crippen molar-refractivity contribution < 1.29 is 0 Å². The second-order valence-corrected chi connectivity index (χ2v) is 6.17. The zero-order chi connectivity index (χ0) is 11.3. The van der Waals surface area contributed by atoms with Crippen molar-refractivity contribution in [2.24, 2.45) is 11.3 Å². The van der Waals surface area contributed by atoms with Gasteiger partial charge in [-0.15, -0.1) is 12.4 Å². The first kappa shape index (κ1) is 16.2. The molecule has 1 N–H and O–H groups in total. The quantitative estimate of drug-likeness (QED) is 0.823. The lowest BCUT2D eigenvalue weighted by molar-refractivity contribution is 0.133. The monoisotopic (exact) mass is 248 g/mol. The van der Waals surface area contributed by atoms with E-state index in [1.807, 2.05) is 0 Å². The molecule has 2 nitrogen and oxygen atoms in total. The molecule has 0 spiro atoms. The zero-order valence-electron chi connectivity index (χ0n) is 11.4. The molecule has 1 aliphatic heterocycles. The maximum atomic E-state index is 3.25. The Labute approximate surface area is 108 Å². The Bertz CT molecular complexity index is 169. The molecule has 0 amide bonds. The fourth-order valence-corrected chi connectivity index (χ4v) is 2.45. The van der Waals surface area contributed by atoms with Crippen LogP contribution in [0.25, 0.3) is 0 Å². The number of hydrogen-bond donors (Lipinski definition) is 1. The summed E-state index contributed by atoms with van der Waals surface area (Å²) in [7, 11) is 2.05. The first-order valence-electron chi connectivity index (χ1n) is 6.38. The molecule has 1 rings (SSSR count). The van der Waals surface area contributed by atoms with Crippen molar-refractivity contribution >= 4 is 12.4 Å². The highest BCUT2D eigenvalue weighted by Gasteiger charge is 2.22. The maximum Gasteiger partial charge on any atom is 0.00300 e. The number of likely N-dealkylation sites (tertiary alicyclic amines) is 1. The van der Waals surface area contributed by atoms with E-state index in [1.54, 1.807) is 0 Å². The number of hydrogen-bond acceptors (Lipinski definition) is 2. The van der Waals surface area contributed by atoms with Crippen molar-refractivity contribution in [1.29, 1.82) is 0 Å². The Hall–Kier alpha value is 0.210. The molecule has 0 saturated carbocycles. The summed E-state index contributed by atoms with van der Waals surface area (Å²) in [6.45, 7) is 12.1. The first-order valence-corrected chi connectivity index (χ1v) is 6.38. The van der Waals surface area contributed by atoms with Crippen LogP contribution < -0.4 is 5.32 Å². The summed E-state index contributed by atoms with van der Waals surface area (Å²) in [5, 5.41) is 3.25. The van der Waals surface area contributed by atoms with Crippen LogP contribution in [0.1, 0.15) is 40.0 Å². The molecule has 0 aromatic rings. The molecule has 1 aliphatic rings. The molecule has 98 valence electrons. The molecule has 0 atom stereocenters. The van der Waals surface area contributed by atoms with E-state index >= 15 is 0 Å². The minimum Gasteiger partial charge on any atom is -0.320 e. The SMILES string of the molecule is CNCCC1CCN(CC(C)(C)C)CC1.Cl. The molecule has 0 aliphatic carbocycles. The van der Waals surface area contributed by atoms with E-state index in [9.17, 15) is 0 Å². The lowest BCUT2D eigenvalue weighted by atomic mass is 9.90. The predicted octanol–water partition coefficient (Wildman–Crippen LogP) is 2.78. The Morgan fingerprint density at radius 1 is 1.19 bits per heavy atom. The van der Waals surface area contributed by atoms with Gasteiger partial charge >= 0.3 is 0 Å². The molecular weight excluding hydrogens is 220 g/mol. The molecule has 1 fully saturated rings. The Morgan fingerprint density at radius 2 is 1.75 bits per heavy atom. The van der Waals surface area contributed by atoms with Crippen LogP contribution in [0, 0.1) is 11.3 Å². The van der Waals surface area contributed by atoms with Gasteiger partial charge in [-0.3, -0.25) is 0 Å². The Kier molecular flexibility index (Phi) is 7.62. The maximum absolute atomic E-state index is 3.25. The van der Waals surface area contributed by atoms with E-state index < -0.39 is 0 Å². The van der Waals surface area contributed by atoms with E-state index in [1.165, 1.54) is 45.4 Å². The van der Waals surface area contributed by atoms with Gasteiger partial charge in [-0.25, -0.2) is 0 Å². The molecule has 0 aromatic heterocycles. The summed E-state index contributed by atoms with van der Waals surface area (Å²) in [6.07, 6.45) is 4.16. The Morgan fingerprint density at radius 3 is 2.19 bits per heavy atom. The summed E-state index contributed by atoms with van der Waals surface area (Å²) < 4.78 is 0. The third-order valence-electron chi connectivity index (χ3n) is 3.21. The summed E-state index contributed by atoms with van der Waals surface area (Å²) in [6, 6.07) is 0. The van der Waals surface area contributed by atoms with E-state index in [-0.39, 0.29) is 12.4 Å². The Balaban J connectivity index is 0.00000225. The average molecular weight is 249 g/mol. The van der Waals surface area contributed by atoms with Crippen molar-refractivity contribution in [3.8, 4) is 0 Å². The highest BCUT2D eigenvalue weighted by molar-refractivity contribution is 5.85. The summed E-state index contributed by atoms with van der Waals surface area (Å²) >= 11 is 0. The van der Waals surface area contributed by atoms with E-state index in [4.69, 9.17) is 0 Å². The third-order valence-corrected chi connectivity index (χ3v) is 3.21. The van der Waals surface area contributed by atoms with Crippen LogP contribution in [0.4, 0.5) is 0 Å². The lowest BCUT2D eigenvalue weighted by Gasteiger charge is -2.36. The van der Waals surface area contributed by atoms with Crippen molar-refractivity contribution in [3.05, 3.63) is 0 Å². The molecule has 0 aromatic carbocycles. The van der Waals surface area contributed by atoms with Crippen LogP contribution in [-0.2, 0) is 0 Å². The predicted molar refractivity (Wildman–Crippen MR) is 74.4 cm³/mol. The van der Waals surface area contributed by atoms with E-state index in [0.29, 0.717) is 5.41 Å². The second kappa shape index (κ2) is 7.52. The minimum atomic E-state index is 0. The normalized spacial score (nSPS) is 19.5. The second-order valence-electron chi connectivity index (χ2n) is 6.17. The van der Waals surface area contributed by atoms with Gasteiger partial charge in [-0.1, -0.05) is 20.8 Å². The molecule has 3 heteroatoms. The summed E-state index contributed by atoms with van der Waals surface area (Å²) in [5.74, 6) is 0.966. The number of piperidine rings is 1. The van der Waals surface area contributed by atoms with Crippen molar-refractivity contribution in [2.75, 3.05) is 33.2 Å². The topological polar surface area (TPSA) is 15.3 Å². The molecule has 16 heavy (non-hydrogen) atoms. The minimum absolute atomic E-state index is 0. The number of nitrogens with zero attached hydrogens (tertiary/aromatic N) is 1. The molecule has 0 bridgehead atoms. The third kappa shape index (κ3) is 6.72. The van der Waals surface area contributed by atoms with Crippen LogP contribution in [-0.4, -0.2) is 38.1 Å². The van der Waals surface area contributed by atoms with Crippen molar-refractivity contribution in [3.63, 3.8) is 0 Å². The average Bonchev–Trinajstić information content (AvgIpc) is 2.14. The lowest BCUT2D eigenvalue weighted by Crippen LogP contribution is -2.39. The van der Waals surface area contributed by atoms with Gasteiger partial charge in [0.25, 0.3) is 0 Å². The smallest absolute Gasteiger partial charge is 0.00300 e. The standard InChI is InChI=1S/C13H28N2.ClH/c1-13(2,3)11-15-9-6-12(7-10-15)5-8-14-4;/h12,14H,5-11H2,1-4H3;1H. The van der Waals surface area contributed by atoms with Crippen LogP contribution >= 0.6 is 12.4 Å². The zero-order valence-corrected chi connectivity index (χ0v) is 12.2. The highest BCUT2D eigenvalue weighted by Crippen LogP contribution is 2.23. The van der Waals surface area contributed by atoms with Crippen LogP contribution in [0.3, 0.4) is 0 Å². The molecule has 0 unspecified atom stereocenters. The largest absolute Gasteiger partial charge is 0.320 e. The van der Waals surface area contributed by atoms with E-state index in [0.717, 1.165) is 5.92 Å².